The van der Waals surface area contributed by atoms with Gasteiger partial charge in [0.25, 0.3) is 11.7 Å². The van der Waals surface area contributed by atoms with Crippen molar-refractivity contribution in [2.75, 3.05) is 19.8 Å². The molecule has 0 aliphatic carbocycles. The SMILES string of the molecule is Cc1cccc(C2/C(=C(/O)c3ccc4c(c3)CCCO4)C(=O)C(=O)N2CCCOC(C)C)c1. The van der Waals surface area contributed by atoms with Crippen LogP contribution in [0.3, 0.4) is 0 Å². The number of Topliss-reactive ketones (excluding diaryl/α,β-unsaturated/α-hetero) is 1. The first kappa shape index (κ1) is 23.1. The highest BCUT2D eigenvalue weighted by atomic mass is 16.5. The Kier molecular flexibility index (Phi) is 6.84. The first-order chi connectivity index (χ1) is 15.9. The van der Waals surface area contributed by atoms with E-state index in [-0.39, 0.29) is 17.4 Å². The van der Waals surface area contributed by atoms with Crippen molar-refractivity contribution in [1.29, 1.82) is 0 Å². The average Bonchev–Trinajstić information content (AvgIpc) is 3.06. The number of nitrogens with zero attached hydrogens (tertiary/aromatic N) is 1. The van der Waals surface area contributed by atoms with Crippen molar-refractivity contribution in [3.8, 4) is 5.75 Å². The molecular weight excluding hydrogens is 418 g/mol. The highest BCUT2D eigenvalue weighted by Gasteiger charge is 2.45. The number of aryl methyl sites for hydroxylation is 2. The second kappa shape index (κ2) is 9.79. The van der Waals surface area contributed by atoms with Crippen LogP contribution in [0.5, 0.6) is 5.75 Å². The monoisotopic (exact) mass is 449 g/mol. The molecule has 1 unspecified atom stereocenters. The molecule has 0 spiro atoms. The minimum absolute atomic E-state index is 0.0981. The Morgan fingerprint density at radius 2 is 2.03 bits per heavy atom. The summed E-state index contributed by atoms with van der Waals surface area (Å²) in [5.74, 6) is -0.584. The van der Waals surface area contributed by atoms with Crippen LogP contribution in [0.15, 0.2) is 48.0 Å². The van der Waals surface area contributed by atoms with Gasteiger partial charge in [0.2, 0.25) is 0 Å². The molecule has 6 nitrogen and oxygen atoms in total. The van der Waals surface area contributed by atoms with Crippen LogP contribution in [0.4, 0.5) is 0 Å². The highest BCUT2D eigenvalue weighted by Crippen LogP contribution is 2.40. The van der Waals surface area contributed by atoms with E-state index < -0.39 is 17.7 Å². The lowest BCUT2D eigenvalue weighted by molar-refractivity contribution is -0.140. The third-order valence-electron chi connectivity index (χ3n) is 6.07. The van der Waals surface area contributed by atoms with Gasteiger partial charge in [-0.25, -0.2) is 0 Å². The van der Waals surface area contributed by atoms with Crippen LogP contribution >= 0.6 is 0 Å². The van der Waals surface area contributed by atoms with Crippen molar-refractivity contribution in [3.05, 3.63) is 70.3 Å². The lowest BCUT2D eigenvalue weighted by Gasteiger charge is -2.26. The topological polar surface area (TPSA) is 76.1 Å². The third kappa shape index (κ3) is 4.81. The summed E-state index contributed by atoms with van der Waals surface area (Å²) in [5, 5.41) is 11.3. The number of carbonyl (C=O) groups is 2. The number of aliphatic hydroxyl groups excluding tert-OH is 1. The zero-order chi connectivity index (χ0) is 23.5. The minimum Gasteiger partial charge on any atom is -0.507 e. The predicted octanol–water partition coefficient (Wildman–Crippen LogP) is 4.56. The van der Waals surface area contributed by atoms with Gasteiger partial charge in [-0.1, -0.05) is 29.8 Å². The van der Waals surface area contributed by atoms with Gasteiger partial charge >= 0.3 is 0 Å². The van der Waals surface area contributed by atoms with E-state index in [1.807, 2.05) is 57.2 Å². The standard InChI is InChI=1S/C27H31NO5/c1-17(2)32-14-6-12-28-24(20-8-4-7-18(3)15-20)23(26(30)27(28)31)25(29)21-10-11-22-19(16-21)9-5-13-33-22/h4,7-8,10-11,15-17,24,29H,5-6,9,12-14H2,1-3H3/b25-23-. The van der Waals surface area contributed by atoms with Crippen LogP contribution in [0.1, 0.15) is 55.0 Å². The molecule has 1 saturated heterocycles. The molecule has 0 saturated carbocycles. The largest absolute Gasteiger partial charge is 0.507 e. The first-order valence-corrected chi connectivity index (χ1v) is 11.6. The number of ketones is 1. The van der Waals surface area contributed by atoms with E-state index >= 15 is 0 Å². The Balaban J connectivity index is 1.74. The van der Waals surface area contributed by atoms with Gasteiger partial charge < -0.3 is 19.5 Å². The van der Waals surface area contributed by atoms with Crippen molar-refractivity contribution in [2.24, 2.45) is 0 Å². The number of hydrogen-bond acceptors (Lipinski definition) is 5. The van der Waals surface area contributed by atoms with E-state index in [2.05, 4.69) is 0 Å². The quantitative estimate of drug-likeness (QED) is 0.290. The summed E-state index contributed by atoms with van der Waals surface area (Å²) in [6.45, 7) is 7.43. The van der Waals surface area contributed by atoms with Gasteiger partial charge in [-0.05, 0) is 69.4 Å². The molecule has 1 N–H and O–H groups in total. The number of carbonyl (C=O) groups excluding carboxylic acids is 2. The number of likely N-dealkylation sites (tertiary alicyclic amines) is 1. The predicted molar refractivity (Wildman–Crippen MR) is 126 cm³/mol. The molecule has 2 aliphatic rings. The molecule has 0 radical (unpaired) electrons. The van der Waals surface area contributed by atoms with Crippen LogP contribution in [-0.2, 0) is 20.7 Å². The molecule has 33 heavy (non-hydrogen) atoms. The number of rotatable bonds is 7. The van der Waals surface area contributed by atoms with E-state index in [1.54, 1.807) is 11.0 Å². The second-order valence-electron chi connectivity index (χ2n) is 8.95. The van der Waals surface area contributed by atoms with Crippen LogP contribution in [0.25, 0.3) is 5.76 Å². The van der Waals surface area contributed by atoms with Gasteiger partial charge in [-0.15, -0.1) is 0 Å². The maximum Gasteiger partial charge on any atom is 0.295 e. The Labute approximate surface area is 194 Å². The number of hydrogen-bond donors (Lipinski definition) is 1. The van der Waals surface area contributed by atoms with Crippen molar-refractivity contribution in [1.82, 2.24) is 4.90 Å². The summed E-state index contributed by atoms with van der Waals surface area (Å²) in [7, 11) is 0. The van der Waals surface area contributed by atoms with Gasteiger partial charge in [0, 0.05) is 18.7 Å². The van der Waals surface area contributed by atoms with Gasteiger partial charge in [0.1, 0.15) is 11.5 Å². The van der Waals surface area contributed by atoms with E-state index in [1.165, 1.54) is 0 Å². The molecule has 1 atom stereocenters. The zero-order valence-corrected chi connectivity index (χ0v) is 19.5. The number of benzene rings is 2. The third-order valence-corrected chi connectivity index (χ3v) is 6.07. The van der Waals surface area contributed by atoms with Crippen molar-refractivity contribution >= 4 is 17.4 Å². The lowest BCUT2D eigenvalue weighted by Crippen LogP contribution is -2.31. The molecule has 6 heteroatoms. The fraction of sp³-hybridized carbons (Fsp3) is 0.407. The molecule has 2 heterocycles. The van der Waals surface area contributed by atoms with Gasteiger partial charge in [0.15, 0.2) is 0 Å². The lowest BCUT2D eigenvalue weighted by atomic mass is 9.93. The zero-order valence-electron chi connectivity index (χ0n) is 19.5. The molecule has 2 aliphatic heterocycles. The minimum atomic E-state index is -0.655. The molecule has 0 bridgehead atoms. The number of fused-ring (bicyclic) bond motifs is 1. The Hall–Kier alpha value is -3.12. The summed E-state index contributed by atoms with van der Waals surface area (Å²) in [4.78, 5) is 27.8. The molecule has 174 valence electrons. The van der Waals surface area contributed by atoms with Crippen LogP contribution in [0, 0.1) is 6.92 Å². The summed E-state index contributed by atoms with van der Waals surface area (Å²) in [6, 6.07) is 12.5. The smallest absolute Gasteiger partial charge is 0.295 e. The molecule has 1 fully saturated rings. The first-order valence-electron chi connectivity index (χ1n) is 11.6. The van der Waals surface area contributed by atoms with E-state index in [9.17, 15) is 14.7 Å². The van der Waals surface area contributed by atoms with Gasteiger partial charge in [-0.2, -0.15) is 0 Å². The highest BCUT2D eigenvalue weighted by molar-refractivity contribution is 6.46. The van der Waals surface area contributed by atoms with Crippen molar-refractivity contribution < 1.29 is 24.2 Å². The normalized spacial score (nSPS) is 19.6. The molecule has 1 amide bonds. The van der Waals surface area contributed by atoms with Crippen LogP contribution in [0.2, 0.25) is 0 Å². The second-order valence-corrected chi connectivity index (χ2v) is 8.95. The van der Waals surface area contributed by atoms with Crippen LogP contribution < -0.4 is 4.74 Å². The van der Waals surface area contributed by atoms with E-state index in [0.29, 0.717) is 31.7 Å². The fourth-order valence-electron chi connectivity index (χ4n) is 4.51. The molecular formula is C27H31NO5. The van der Waals surface area contributed by atoms with Gasteiger partial charge in [0.05, 0.1) is 24.3 Å². The molecule has 4 rings (SSSR count). The Morgan fingerprint density at radius 3 is 2.79 bits per heavy atom. The summed E-state index contributed by atoms with van der Waals surface area (Å²) in [6.07, 6.45) is 2.45. The van der Waals surface area contributed by atoms with Gasteiger partial charge in [-0.3, -0.25) is 9.59 Å². The number of amides is 1. The Morgan fingerprint density at radius 1 is 1.21 bits per heavy atom. The molecule has 0 aromatic heterocycles. The average molecular weight is 450 g/mol. The maximum atomic E-state index is 13.2. The number of ether oxygens (including phenoxy) is 2. The Bertz CT molecular complexity index is 1090. The van der Waals surface area contributed by atoms with Crippen molar-refractivity contribution in [3.63, 3.8) is 0 Å². The van der Waals surface area contributed by atoms with E-state index in [4.69, 9.17) is 9.47 Å². The summed E-state index contributed by atoms with van der Waals surface area (Å²) in [5.41, 5.74) is 3.48. The summed E-state index contributed by atoms with van der Waals surface area (Å²) < 4.78 is 11.3. The molecule has 2 aromatic rings. The molecule has 2 aromatic carbocycles. The van der Waals surface area contributed by atoms with E-state index in [0.717, 1.165) is 35.3 Å². The fourth-order valence-corrected chi connectivity index (χ4v) is 4.51. The maximum absolute atomic E-state index is 13.2. The van der Waals surface area contributed by atoms with Crippen molar-refractivity contribution in [2.45, 2.75) is 52.2 Å². The summed E-state index contributed by atoms with van der Waals surface area (Å²) >= 11 is 0. The van der Waals surface area contributed by atoms with Crippen LogP contribution in [-0.4, -0.2) is 47.6 Å². The number of aliphatic hydroxyl groups is 1.